The molecule has 6 heteroatoms. The van der Waals surface area contributed by atoms with Crippen molar-refractivity contribution in [2.75, 3.05) is 0 Å². The number of halogens is 4. The molecule has 0 aromatic heterocycles. The normalized spacial score (nSPS) is 32.6. The number of hydrogen-bond donors (Lipinski definition) is 1. The van der Waals surface area contributed by atoms with Gasteiger partial charge in [-0.05, 0) is 43.9 Å². The van der Waals surface area contributed by atoms with E-state index in [0.29, 0.717) is 30.0 Å². The Morgan fingerprint density at radius 2 is 1.90 bits per heavy atom. The van der Waals surface area contributed by atoms with Crippen molar-refractivity contribution in [1.82, 2.24) is 0 Å². The molecule has 2 nitrogen and oxygen atoms in total. The summed E-state index contributed by atoms with van der Waals surface area (Å²) in [4.78, 5) is 0. The first-order valence-corrected chi connectivity index (χ1v) is 7.48. The Hall–Kier alpha value is -0.940. The maximum atomic E-state index is 12.8. The summed E-state index contributed by atoms with van der Waals surface area (Å²) in [5.41, 5.74) is 6.47. The Bertz CT molecular complexity index is 538. The van der Waals surface area contributed by atoms with Crippen LogP contribution in [0.2, 0.25) is 5.02 Å². The lowest BCUT2D eigenvalue weighted by Crippen LogP contribution is -2.47. The van der Waals surface area contributed by atoms with E-state index in [1.807, 2.05) is 0 Å². The number of alkyl halides is 3. The van der Waals surface area contributed by atoms with Gasteiger partial charge in [0, 0.05) is 23.0 Å². The summed E-state index contributed by atoms with van der Waals surface area (Å²) in [7, 11) is 0. The Morgan fingerprint density at radius 1 is 1.24 bits per heavy atom. The molecule has 2 N–H and O–H groups in total. The molecule has 116 valence electrons. The monoisotopic (exact) mass is 319 g/mol. The second kappa shape index (κ2) is 5.06. The topological polar surface area (TPSA) is 35.2 Å². The van der Waals surface area contributed by atoms with Crippen molar-refractivity contribution in [2.24, 2.45) is 11.7 Å². The third-order valence-corrected chi connectivity index (χ3v) is 4.88. The number of rotatable bonds is 0. The van der Waals surface area contributed by atoms with Gasteiger partial charge in [0.2, 0.25) is 0 Å². The highest BCUT2D eigenvalue weighted by Gasteiger charge is 2.49. The Kier molecular flexibility index (Phi) is 3.61. The van der Waals surface area contributed by atoms with E-state index in [1.165, 1.54) is 0 Å². The lowest BCUT2D eigenvalue weighted by Gasteiger charge is -2.45. The van der Waals surface area contributed by atoms with Crippen LogP contribution in [0.25, 0.3) is 0 Å². The second-order valence-corrected chi connectivity index (χ2v) is 6.53. The van der Waals surface area contributed by atoms with Gasteiger partial charge in [0.1, 0.15) is 11.4 Å². The molecule has 2 aliphatic rings. The van der Waals surface area contributed by atoms with Crippen LogP contribution < -0.4 is 10.5 Å². The van der Waals surface area contributed by atoms with Crippen LogP contribution in [0.1, 0.15) is 43.7 Å². The molecule has 0 bridgehead atoms. The molecular formula is C15H17ClF3NO. The summed E-state index contributed by atoms with van der Waals surface area (Å²) in [5.74, 6) is -0.557. The van der Waals surface area contributed by atoms with Gasteiger partial charge in [0.15, 0.2) is 0 Å². The van der Waals surface area contributed by atoms with Crippen LogP contribution >= 0.6 is 11.6 Å². The van der Waals surface area contributed by atoms with Gasteiger partial charge in [0.25, 0.3) is 0 Å². The largest absolute Gasteiger partial charge is 0.487 e. The van der Waals surface area contributed by atoms with Crippen molar-refractivity contribution < 1.29 is 17.9 Å². The van der Waals surface area contributed by atoms with Crippen LogP contribution in [0.3, 0.4) is 0 Å². The molecule has 0 unspecified atom stereocenters. The van der Waals surface area contributed by atoms with E-state index < -0.39 is 17.7 Å². The van der Waals surface area contributed by atoms with Crippen molar-refractivity contribution in [3.8, 4) is 5.75 Å². The number of nitrogens with two attached hydrogens (primary N) is 1. The quantitative estimate of drug-likeness (QED) is 0.757. The predicted octanol–water partition coefficient (Wildman–Crippen LogP) is 4.61. The zero-order valence-electron chi connectivity index (χ0n) is 11.4. The minimum Gasteiger partial charge on any atom is -0.487 e. The summed E-state index contributed by atoms with van der Waals surface area (Å²) in [6, 6.07) is 5.01. The van der Waals surface area contributed by atoms with Gasteiger partial charge in [-0.25, -0.2) is 0 Å². The average molecular weight is 320 g/mol. The number of hydrogen-bond acceptors (Lipinski definition) is 2. The van der Waals surface area contributed by atoms with Gasteiger partial charge >= 0.3 is 6.18 Å². The molecular weight excluding hydrogens is 303 g/mol. The Labute approximate surface area is 126 Å². The molecule has 1 atom stereocenters. The van der Waals surface area contributed by atoms with E-state index in [2.05, 4.69) is 0 Å². The molecule has 0 amide bonds. The fourth-order valence-corrected chi connectivity index (χ4v) is 3.65. The number of ether oxygens (including phenoxy) is 1. The molecule has 1 aliphatic carbocycles. The van der Waals surface area contributed by atoms with E-state index in [0.717, 1.165) is 5.56 Å². The van der Waals surface area contributed by atoms with Crippen LogP contribution in [-0.2, 0) is 0 Å². The van der Waals surface area contributed by atoms with Crippen molar-refractivity contribution >= 4 is 11.6 Å². The molecule has 1 aromatic carbocycles. The highest BCUT2D eigenvalue weighted by Crippen LogP contribution is 2.49. The molecule has 1 aromatic rings. The minimum absolute atomic E-state index is 0.110. The molecule has 21 heavy (non-hydrogen) atoms. The van der Waals surface area contributed by atoms with Gasteiger partial charge in [0.05, 0.1) is 5.92 Å². The molecule has 1 aliphatic heterocycles. The maximum Gasteiger partial charge on any atom is 0.391 e. The van der Waals surface area contributed by atoms with Gasteiger partial charge in [-0.2, -0.15) is 13.2 Å². The van der Waals surface area contributed by atoms with Crippen LogP contribution in [0.5, 0.6) is 5.75 Å². The minimum atomic E-state index is -4.11. The third kappa shape index (κ3) is 2.86. The van der Waals surface area contributed by atoms with Crippen molar-refractivity contribution in [3.05, 3.63) is 28.8 Å². The first-order valence-electron chi connectivity index (χ1n) is 7.10. The molecule has 0 radical (unpaired) electrons. The lowest BCUT2D eigenvalue weighted by atomic mass is 9.73. The Balaban J connectivity index is 1.79. The van der Waals surface area contributed by atoms with Gasteiger partial charge < -0.3 is 10.5 Å². The van der Waals surface area contributed by atoms with Gasteiger partial charge in [-0.1, -0.05) is 11.6 Å². The summed E-state index contributed by atoms with van der Waals surface area (Å²) >= 11 is 5.95. The maximum absolute atomic E-state index is 12.8. The first-order chi connectivity index (χ1) is 9.79. The summed E-state index contributed by atoms with van der Waals surface area (Å²) in [6.07, 6.45) is -2.55. The highest BCUT2D eigenvalue weighted by atomic mass is 35.5. The van der Waals surface area contributed by atoms with E-state index in [9.17, 15) is 13.2 Å². The van der Waals surface area contributed by atoms with E-state index in [1.54, 1.807) is 18.2 Å². The zero-order chi connectivity index (χ0) is 15.3. The highest BCUT2D eigenvalue weighted by molar-refractivity contribution is 6.30. The van der Waals surface area contributed by atoms with Crippen LogP contribution in [0.4, 0.5) is 13.2 Å². The van der Waals surface area contributed by atoms with E-state index in [-0.39, 0.29) is 18.9 Å². The molecule has 3 rings (SSSR count). The number of fused-ring (bicyclic) bond motifs is 1. The average Bonchev–Trinajstić information content (AvgIpc) is 2.39. The zero-order valence-corrected chi connectivity index (χ0v) is 12.2. The van der Waals surface area contributed by atoms with E-state index in [4.69, 9.17) is 22.1 Å². The SMILES string of the molecule is N[C@@H]1CC2(CCC(C(F)(F)F)CC2)Oc2ccc(Cl)cc21. The summed E-state index contributed by atoms with van der Waals surface area (Å²) in [5, 5.41) is 0.588. The third-order valence-electron chi connectivity index (χ3n) is 4.65. The van der Waals surface area contributed by atoms with E-state index >= 15 is 0 Å². The van der Waals surface area contributed by atoms with Crippen molar-refractivity contribution in [3.63, 3.8) is 0 Å². The Morgan fingerprint density at radius 3 is 2.52 bits per heavy atom. The molecule has 1 heterocycles. The fourth-order valence-electron chi connectivity index (χ4n) is 3.47. The molecule has 1 saturated carbocycles. The molecule has 0 saturated heterocycles. The van der Waals surface area contributed by atoms with Crippen molar-refractivity contribution in [1.29, 1.82) is 0 Å². The summed E-state index contributed by atoms with van der Waals surface area (Å²) in [6.45, 7) is 0. The standard InChI is InChI=1S/C15H17ClF3NO/c16-10-1-2-13-11(7-10)12(20)8-14(21-13)5-3-9(4-6-14)15(17,18)19/h1-2,7,9,12H,3-6,8,20H2/t9?,12-,14?/m1/s1. The smallest absolute Gasteiger partial charge is 0.391 e. The second-order valence-electron chi connectivity index (χ2n) is 6.09. The fraction of sp³-hybridized carbons (Fsp3) is 0.600. The number of benzene rings is 1. The summed E-state index contributed by atoms with van der Waals surface area (Å²) < 4.78 is 44.4. The molecule has 1 fully saturated rings. The van der Waals surface area contributed by atoms with Crippen LogP contribution in [-0.4, -0.2) is 11.8 Å². The van der Waals surface area contributed by atoms with Gasteiger partial charge in [-0.15, -0.1) is 0 Å². The van der Waals surface area contributed by atoms with Crippen LogP contribution in [0, 0.1) is 5.92 Å². The molecule has 1 spiro atoms. The van der Waals surface area contributed by atoms with Crippen molar-refractivity contribution in [2.45, 2.75) is 49.9 Å². The lowest BCUT2D eigenvalue weighted by molar-refractivity contribution is -0.191. The van der Waals surface area contributed by atoms with Crippen LogP contribution in [0.15, 0.2) is 18.2 Å². The predicted molar refractivity (Wildman–Crippen MR) is 74.4 cm³/mol. The van der Waals surface area contributed by atoms with Gasteiger partial charge in [-0.3, -0.25) is 0 Å². The first kappa shape index (κ1) is 15.0.